The summed E-state index contributed by atoms with van der Waals surface area (Å²) in [6, 6.07) is 12.9. The molecule has 0 bridgehead atoms. The third-order valence-corrected chi connectivity index (χ3v) is 9.30. The molecule has 0 aliphatic carbocycles. The van der Waals surface area contributed by atoms with Gasteiger partial charge in [-0.2, -0.15) is 23.0 Å². The highest BCUT2D eigenvalue weighted by Crippen LogP contribution is 2.35. The number of halogens is 4. The Morgan fingerprint density at radius 3 is 2.60 bits per heavy atom. The van der Waals surface area contributed by atoms with Gasteiger partial charge in [-0.25, -0.2) is 4.98 Å². The number of anilines is 2. The Kier molecular flexibility index (Phi) is 9.08. The van der Waals surface area contributed by atoms with Gasteiger partial charge in [-0.1, -0.05) is 23.7 Å². The lowest BCUT2D eigenvalue weighted by Gasteiger charge is -2.31. The molecular weight excluding hydrogens is 649 g/mol. The number of ether oxygens (including phenoxy) is 1. The molecule has 9 nitrogen and oxygen atoms in total. The van der Waals surface area contributed by atoms with Gasteiger partial charge in [0.15, 0.2) is 0 Å². The third kappa shape index (κ3) is 6.83. The summed E-state index contributed by atoms with van der Waals surface area (Å²) in [6.07, 6.45) is -2.60. The second-order valence-corrected chi connectivity index (χ2v) is 12.8. The minimum absolute atomic E-state index is 0.159. The molecule has 0 radical (unpaired) electrons. The Morgan fingerprint density at radius 1 is 1.09 bits per heavy atom. The lowest BCUT2D eigenvalue weighted by Crippen LogP contribution is -2.38. The van der Waals surface area contributed by atoms with E-state index in [1.807, 2.05) is 11.4 Å². The van der Waals surface area contributed by atoms with Crippen molar-refractivity contribution in [2.45, 2.75) is 25.7 Å². The molecule has 1 saturated heterocycles. The number of morpholine rings is 1. The van der Waals surface area contributed by atoms with Crippen LogP contribution >= 0.6 is 34.3 Å². The predicted molar refractivity (Wildman–Crippen MR) is 169 cm³/mol. The highest BCUT2D eigenvalue weighted by Gasteiger charge is 2.36. The van der Waals surface area contributed by atoms with Crippen molar-refractivity contribution in [3.05, 3.63) is 102 Å². The number of aryl methyl sites for hydroxylation is 1. The Morgan fingerprint density at radius 2 is 1.89 bits per heavy atom. The van der Waals surface area contributed by atoms with E-state index in [1.165, 1.54) is 40.9 Å². The average molecular weight is 675 g/mol. The van der Waals surface area contributed by atoms with Crippen LogP contribution in [0.1, 0.15) is 25.8 Å². The SMILES string of the molecule is O=C(c1ccccc1C(F)(F)F)n1nc(-c2c(N3CCOCC3)ccc(=O)n2CCc2nccs2)cc1NCc1ccc(Cl)s1. The van der Waals surface area contributed by atoms with Gasteiger partial charge in [0.2, 0.25) is 0 Å². The van der Waals surface area contributed by atoms with Crippen molar-refractivity contribution in [3.63, 3.8) is 0 Å². The molecule has 234 valence electrons. The van der Waals surface area contributed by atoms with Crippen molar-refractivity contribution >= 4 is 51.7 Å². The van der Waals surface area contributed by atoms with E-state index < -0.39 is 23.2 Å². The molecule has 5 aromatic rings. The van der Waals surface area contributed by atoms with Crippen molar-refractivity contribution in [1.29, 1.82) is 0 Å². The second-order valence-electron chi connectivity index (χ2n) is 10.1. The number of alkyl halides is 3. The number of pyridine rings is 1. The fourth-order valence-electron chi connectivity index (χ4n) is 5.14. The smallest absolute Gasteiger partial charge is 0.378 e. The number of carbonyl (C=O) groups is 1. The van der Waals surface area contributed by atoms with Gasteiger partial charge >= 0.3 is 6.18 Å². The van der Waals surface area contributed by atoms with Crippen LogP contribution in [0.4, 0.5) is 24.7 Å². The van der Waals surface area contributed by atoms with E-state index in [0.717, 1.165) is 26.7 Å². The first-order valence-electron chi connectivity index (χ1n) is 13.9. The Bertz CT molecular complexity index is 1860. The van der Waals surface area contributed by atoms with Gasteiger partial charge in [0.25, 0.3) is 11.5 Å². The molecule has 15 heteroatoms. The number of thiophene rings is 1. The summed E-state index contributed by atoms with van der Waals surface area (Å²) < 4.78 is 50.5. The van der Waals surface area contributed by atoms with Crippen LogP contribution in [0.5, 0.6) is 0 Å². The zero-order valence-electron chi connectivity index (χ0n) is 23.6. The molecule has 1 aromatic carbocycles. The minimum atomic E-state index is -4.76. The van der Waals surface area contributed by atoms with E-state index in [9.17, 15) is 22.8 Å². The number of thiazole rings is 1. The Labute approximate surface area is 268 Å². The van der Waals surface area contributed by atoms with Crippen LogP contribution in [0.2, 0.25) is 4.34 Å². The van der Waals surface area contributed by atoms with Gasteiger partial charge in [0.1, 0.15) is 11.5 Å². The molecule has 1 fully saturated rings. The summed E-state index contributed by atoms with van der Waals surface area (Å²) in [5.41, 5.74) is -0.524. The third-order valence-electron chi connectivity index (χ3n) is 7.23. The van der Waals surface area contributed by atoms with Crippen LogP contribution in [0.3, 0.4) is 0 Å². The zero-order valence-corrected chi connectivity index (χ0v) is 26.0. The summed E-state index contributed by atoms with van der Waals surface area (Å²) in [6.45, 7) is 2.58. The summed E-state index contributed by atoms with van der Waals surface area (Å²) in [5.74, 6) is -0.811. The van der Waals surface area contributed by atoms with E-state index in [-0.39, 0.29) is 30.2 Å². The van der Waals surface area contributed by atoms with E-state index in [4.69, 9.17) is 16.3 Å². The molecule has 1 aliphatic rings. The Balaban J connectivity index is 1.49. The van der Waals surface area contributed by atoms with E-state index in [1.54, 1.807) is 29.0 Å². The number of hydrogen-bond donors (Lipinski definition) is 1. The van der Waals surface area contributed by atoms with Crippen LogP contribution in [0.25, 0.3) is 11.4 Å². The first-order valence-corrected chi connectivity index (χ1v) is 16.0. The standard InChI is InChI=1S/C30H26ClF3N6O3S2/c31-24-7-5-19(45-24)18-36-25-17-22(37-40(25)29(42)20-3-1-2-4-21(20)30(32,33)34)28-23(38-12-14-43-15-13-38)6-8-27(41)39(28)11-9-26-35-10-16-44-26/h1-8,10,16-17,36H,9,11-15,18H2. The first-order chi connectivity index (χ1) is 21.7. The van der Waals surface area contributed by atoms with Crippen LogP contribution in [0, 0.1) is 0 Å². The topological polar surface area (TPSA) is 94.3 Å². The highest BCUT2D eigenvalue weighted by atomic mass is 35.5. The highest BCUT2D eigenvalue weighted by molar-refractivity contribution is 7.16. The van der Waals surface area contributed by atoms with Gasteiger partial charge in [-0.15, -0.1) is 22.7 Å². The summed E-state index contributed by atoms with van der Waals surface area (Å²) in [5, 5.41) is 10.4. The molecule has 45 heavy (non-hydrogen) atoms. The normalized spacial score (nSPS) is 13.7. The van der Waals surface area contributed by atoms with Crippen molar-refractivity contribution < 1.29 is 22.7 Å². The number of carbonyl (C=O) groups excluding carboxylic acids is 1. The quantitative estimate of drug-likeness (QED) is 0.197. The number of nitrogens with one attached hydrogen (secondary N) is 1. The maximum Gasteiger partial charge on any atom is 0.417 e. The van der Waals surface area contributed by atoms with E-state index >= 15 is 0 Å². The van der Waals surface area contributed by atoms with E-state index in [0.29, 0.717) is 48.4 Å². The van der Waals surface area contributed by atoms with Crippen LogP contribution < -0.4 is 15.8 Å². The van der Waals surface area contributed by atoms with Crippen LogP contribution in [0.15, 0.2) is 71.0 Å². The van der Waals surface area contributed by atoms with Gasteiger partial charge in [-0.05, 0) is 30.3 Å². The number of aromatic nitrogens is 4. The van der Waals surface area contributed by atoms with Crippen molar-refractivity contribution in [2.75, 3.05) is 36.5 Å². The summed E-state index contributed by atoms with van der Waals surface area (Å²) in [7, 11) is 0. The molecule has 5 heterocycles. The van der Waals surface area contributed by atoms with Gasteiger partial charge in [-0.3, -0.25) is 9.59 Å². The van der Waals surface area contributed by atoms with Crippen molar-refractivity contribution in [2.24, 2.45) is 0 Å². The van der Waals surface area contributed by atoms with Crippen LogP contribution in [-0.4, -0.2) is 51.5 Å². The van der Waals surface area contributed by atoms with Crippen molar-refractivity contribution in [3.8, 4) is 11.4 Å². The number of hydrogen-bond acceptors (Lipinski definition) is 9. The molecule has 1 N–H and O–H groups in total. The molecule has 0 saturated carbocycles. The summed E-state index contributed by atoms with van der Waals surface area (Å²) >= 11 is 8.90. The molecular formula is C30H26ClF3N6O3S2. The van der Waals surface area contributed by atoms with E-state index in [2.05, 4.69) is 20.3 Å². The molecule has 0 unspecified atom stereocenters. The predicted octanol–water partition coefficient (Wildman–Crippen LogP) is 6.28. The first kappa shape index (κ1) is 31.0. The average Bonchev–Trinajstić information content (AvgIpc) is 3.80. The fraction of sp³-hybridized carbons (Fsp3) is 0.267. The molecule has 4 aromatic heterocycles. The largest absolute Gasteiger partial charge is 0.417 e. The minimum Gasteiger partial charge on any atom is -0.378 e. The van der Waals surface area contributed by atoms with Crippen molar-refractivity contribution in [1.82, 2.24) is 19.3 Å². The number of nitrogens with zero attached hydrogens (tertiary/aromatic N) is 5. The lowest BCUT2D eigenvalue weighted by molar-refractivity contribution is -0.137. The number of benzene rings is 1. The van der Waals surface area contributed by atoms with Gasteiger partial charge in [0, 0.05) is 54.6 Å². The maximum absolute atomic E-state index is 14.0. The zero-order chi connectivity index (χ0) is 31.6. The van der Waals surface area contributed by atoms with Gasteiger partial charge in [0.05, 0.1) is 51.6 Å². The lowest BCUT2D eigenvalue weighted by atomic mass is 10.1. The Hall–Kier alpha value is -3.98. The fourth-order valence-corrected chi connectivity index (χ4v) is 6.77. The molecule has 1 aliphatic heterocycles. The maximum atomic E-state index is 14.0. The summed E-state index contributed by atoms with van der Waals surface area (Å²) in [4.78, 5) is 34.5. The molecule has 0 atom stereocenters. The monoisotopic (exact) mass is 674 g/mol. The van der Waals surface area contributed by atoms with Crippen LogP contribution in [-0.2, 0) is 30.4 Å². The molecule has 0 spiro atoms. The van der Waals surface area contributed by atoms with Gasteiger partial charge < -0.3 is 19.5 Å². The molecule has 0 amide bonds. The second kappa shape index (κ2) is 13.2. The number of rotatable bonds is 9. The molecule has 6 rings (SSSR count).